The fraction of sp³-hybridized carbons (Fsp3) is 0.676. The topological polar surface area (TPSA) is 78.9 Å². The number of rotatable bonds is 57. The van der Waals surface area contributed by atoms with E-state index in [0.717, 1.165) is 109 Å². The molecule has 0 aromatic heterocycles. The van der Waals surface area contributed by atoms with Gasteiger partial charge < -0.3 is 14.2 Å². The highest BCUT2D eigenvalue weighted by Crippen LogP contribution is 2.16. The molecule has 0 amide bonds. The summed E-state index contributed by atoms with van der Waals surface area (Å²) in [5.74, 6) is -1.02. The van der Waals surface area contributed by atoms with E-state index in [1.54, 1.807) is 0 Å². The van der Waals surface area contributed by atoms with Crippen molar-refractivity contribution in [3.05, 3.63) is 122 Å². The number of carbonyl (C=O) groups is 3. The smallest absolute Gasteiger partial charge is 0.306 e. The van der Waals surface area contributed by atoms with Gasteiger partial charge >= 0.3 is 17.9 Å². The Bertz CT molecular complexity index is 1600. The predicted octanol–water partition coefficient (Wildman–Crippen LogP) is 22.0. The molecule has 0 N–H and O–H groups in total. The SMILES string of the molecule is CC/C=C\C/C=C\C/C=C\C/C=C\CCCCCCC(=O)OC(COC(=O)CC/C=C\C/C=C\C/C=C\C/C=C\CC)COC(=O)CCCCCCCCCCCCCCCCCCC/C=C\C/C=C\CCCCCCC. The first-order valence-corrected chi connectivity index (χ1v) is 32.0. The highest BCUT2D eigenvalue weighted by molar-refractivity contribution is 5.71. The van der Waals surface area contributed by atoms with Gasteiger partial charge in [-0.1, -0.05) is 277 Å². The molecule has 0 radical (unpaired) electrons. The van der Waals surface area contributed by atoms with Gasteiger partial charge in [-0.3, -0.25) is 14.4 Å². The maximum Gasteiger partial charge on any atom is 0.306 e. The molecule has 0 bridgehead atoms. The second-order valence-electron chi connectivity index (χ2n) is 20.9. The van der Waals surface area contributed by atoms with E-state index in [1.165, 1.54) is 135 Å². The summed E-state index contributed by atoms with van der Waals surface area (Å²) in [5.41, 5.74) is 0. The van der Waals surface area contributed by atoms with Crippen LogP contribution in [0.4, 0.5) is 0 Å². The summed E-state index contributed by atoms with van der Waals surface area (Å²) in [6.07, 6.45) is 89.5. The fourth-order valence-corrected chi connectivity index (χ4v) is 8.71. The molecular formula is C71H118O6. The molecule has 0 saturated heterocycles. The third-order valence-electron chi connectivity index (χ3n) is 13.4. The number of ether oxygens (including phenoxy) is 3. The van der Waals surface area contributed by atoms with Gasteiger partial charge in [0, 0.05) is 19.3 Å². The number of hydrogen-bond donors (Lipinski definition) is 0. The van der Waals surface area contributed by atoms with Crippen LogP contribution in [0.1, 0.15) is 290 Å². The third-order valence-corrected chi connectivity index (χ3v) is 13.4. The molecule has 0 aromatic carbocycles. The van der Waals surface area contributed by atoms with Crippen molar-refractivity contribution in [1.29, 1.82) is 0 Å². The van der Waals surface area contributed by atoms with Crippen LogP contribution in [-0.2, 0) is 28.6 Å². The van der Waals surface area contributed by atoms with Crippen molar-refractivity contribution < 1.29 is 28.6 Å². The molecule has 1 atom stereocenters. The molecule has 0 fully saturated rings. The van der Waals surface area contributed by atoms with Crippen LogP contribution in [0, 0.1) is 0 Å². The van der Waals surface area contributed by atoms with Crippen molar-refractivity contribution in [1.82, 2.24) is 0 Å². The first-order valence-electron chi connectivity index (χ1n) is 32.0. The highest BCUT2D eigenvalue weighted by Gasteiger charge is 2.19. The average molecular weight is 1070 g/mol. The van der Waals surface area contributed by atoms with Gasteiger partial charge in [-0.05, 0) is 116 Å². The average Bonchev–Trinajstić information content (AvgIpc) is 3.43. The Hall–Kier alpha value is -4.19. The molecule has 6 heteroatoms. The molecule has 77 heavy (non-hydrogen) atoms. The third kappa shape index (κ3) is 62.5. The van der Waals surface area contributed by atoms with Gasteiger partial charge in [-0.25, -0.2) is 0 Å². The molecule has 0 aliphatic carbocycles. The number of carbonyl (C=O) groups excluding carboxylic acids is 3. The van der Waals surface area contributed by atoms with Crippen LogP contribution < -0.4 is 0 Å². The largest absolute Gasteiger partial charge is 0.462 e. The lowest BCUT2D eigenvalue weighted by Crippen LogP contribution is -2.30. The zero-order valence-electron chi connectivity index (χ0n) is 50.2. The van der Waals surface area contributed by atoms with E-state index in [9.17, 15) is 14.4 Å². The van der Waals surface area contributed by atoms with E-state index < -0.39 is 6.10 Å². The van der Waals surface area contributed by atoms with Crippen LogP contribution in [0.15, 0.2) is 122 Å². The zero-order valence-corrected chi connectivity index (χ0v) is 50.2. The fourth-order valence-electron chi connectivity index (χ4n) is 8.71. The maximum atomic E-state index is 12.9. The van der Waals surface area contributed by atoms with E-state index in [1.807, 2.05) is 6.08 Å². The van der Waals surface area contributed by atoms with Crippen molar-refractivity contribution in [2.45, 2.75) is 297 Å². The monoisotopic (exact) mass is 1070 g/mol. The quantitative estimate of drug-likeness (QED) is 0.0261. The van der Waals surface area contributed by atoms with E-state index in [2.05, 4.69) is 136 Å². The van der Waals surface area contributed by atoms with E-state index in [0.29, 0.717) is 12.8 Å². The van der Waals surface area contributed by atoms with Gasteiger partial charge in [0.15, 0.2) is 6.10 Å². The Morgan fingerprint density at radius 3 is 0.870 bits per heavy atom. The molecule has 438 valence electrons. The lowest BCUT2D eigenvalue weighted by molar-refractivity contribution is -0.166. The van der Waals surface area contributed by atoms with Crippen molar-refractivity contribution in [3.63, 3.8) is 0 Å². The van der Waals surface area contributed by atoms with Gasteiger partial charge in [0.1, 0.15) is 13.2 Å². The molecule has 0 aliphatic rings. The molecule has 1 unspecified atom stereocenters. The molecule has 0 heterocycles. The van der Waals surface area contributed by atoms with Gasteiger partial charge in [-0.2, -0.15) is 0 Å². The van der Waals surface area contributed by atoms with Crippen LogP contribution in [0.5, 0.6) is 0 Å². The van der Waals surface area contributed by atoms with Crippen LogP contribution in [0.3, 0.4) is 0 Å². The standard InChI is InChI=1S/C71H118O6/c1-4-7-10-13-16-19-22-25-27-29-30-31-32-33-34-35-36-37-38-39-40-42-43-46-49-52-55-58-61-64-70(73)76-67-68(66-75-69(72)63-60-57-54-51-48-45-24-21-18-15-12-9-6-3)77-71(74)65-62-59-56-53-50-47-44-41-28-26-23-20-17-14-11-8-5-2/h8-9,11-12,17-18,20-22,25-26,28-30,44-45,47-48,54,57,68H,4-7,10,13-16,19,23-24,27,31-43,46,49-53,55-56,58-67H2,1-3H3/b11-8-,12-9-,20-17-,21-18-,25-22-,28-26-,30-29-,47-44-,48-45-,57-54-. The van der Waals surface area contributed by atoms with Gasteiger partial charge in [-0.15, -0.1) is 0 Å². The molecular weight excluding hydrogens is 949 g/mol. The number of unbranched alkanes of at least 4 members (excludes halogenated alkanes) is 26. The molecule has 0 aromatic rings. The van der Waals surface area contributed by atoms with Crippen LogP contribution in [-0.4, -0.2) is 37.2 Å². The summed E-state index contributed by atoms with van der Waals surface area (Å²) in [6.45, 7) is 6.33. The lowest BCUT2D eigenvalue weighted by Gasteiger charge is -2.18. The first kappa shape index (κ1) is 72.8. The van der Waals surface area contributed by atoms with Gasteiger partial charge in [0.05, 0.1) is 0 Å². The summed E-state index contributed by atoms with van der Waals surface area (Å²) in [6, 6.07) is 0. The van der Waals surface area contributed by atoms with Crippen LogP contribution in [0.25, 0.3) is 0 Å². The van der Waals surface area contributed by atoms with E-state index >= 15 is 0 Å². The zero-order chi connectivity index (χ0) is 55.7. The minimum atomic E-state index is -0.823. The molecule has 0 rings (SSSR count). The first-order chi connectivity index (χ1) is 38.0. The summed E-state index contributed by atoms with van der Waals surface area (Å²) in [7, 11) is 0. The van der Waals surface area contributed by atoms with Gasteiger partial charge in [0.2, 0.25) is 0 Å². The Kier molecular flexibility index (Phi) is 60.8. The lowest BCUT2D eigenvalue weighted by atomic mass is 10.0. The molecule has 0 spiro atoms. The second kappa shape index (κ2) is 64.3. The van der Waals surface area contributed by atoms with Crippen molar-refractivity contribution in [2.75, 3.05) is 13.2 Å². The van der Waals surface area contributed by atoms with Crippen LogP contribution in [0.2, 0.25) is 0 Å². The second-order valence-corrected chi connectivity index (χ2v) is 20.9. The Morgan fingerprint density at radius 1 is 0.273 bits per heavy atom. The predicted molar refractivity (Wildman–Crippen MR) is 334 cm³/mol. The Morgan fingerprint density at radius 2 is 0.532 bits per heavy atom. The molecule has 6 nitrogen and oxygen atoms in total. The van der Waals surface area contributed by atoms with Crippen molar-refractivity contribution in [3.8, 4) is 0 Å². The number of allylic oxidation sites excluding steroid dienone is 20. The van der Waals surface area contributed by atoms with E-state index in [4.69, 9.17) is 14.2 Å². The highest BCUT2D eigenvalue weighted by atomic mass is 16.6. The Balaban J connectivity index is 4.30. The van der Waals surface area contributed by atoms with Crippen molar-refractivity contribution >= 4 is 17.9 Å². The van der Waals surface area contributed by atoms with Crippen LogP contribution >= 0.6 is 0 Å². The molecule has 0 aliphatic heterocycles. The summed E-state index contributed by atoms with van der Waals surface area (Å²) in [4.78, 5) is 38.2. The Labute approximate surface area is 475 Å². The summed E-state index contributed by atoms with van der Waals surface area (Å²) in [5, 5.41) is 0. The minimum absolute atomic E-state index is 0.111. The van der Waals surface area contributed by atoms with Gasteiger partial charge in [0.25, 0.3) is 0 Å². The minimum Gasteiger partial charge on any atom is -0.462 e. The normalized spacial score (nSPS) is 12.9. The number of esters is 3. The van der Waals surface area contributed by atoms with Crippen molar-refractivity contribution in [2.24, 2.45) is 0 Å². The maximum absolute atomic E-state index is 12.9. The molecule has 0 saturated carbocycles. The number of hydrogen-bond acceptors (Lipinski definition) is 6. The van der Waals surface area contributed by atoms with E-state index in [-0.39, 0.29) is 44.0 Å². The summed E-state index contributed by atoms with van der Waals surface area (Å²) < 4.78 is 16.8. The summed E-state index contributed by atoms with van der Waals surface area (Å²) >= 11 is 0.